The molecule has 70 valence electrons. The van der Waals surface area contributed by atoms with E-state index in [0.29, 0.717) is 0 Å². The molecule has 1 aromatic rings. The third kappa shape index (κ3) is 5.37. The molecule has 0 saturated carbocycles. The molecule has 0 unspecified atom stereocenters. The Balaban J connectivity index is 0.00000144. The van der Waals surface area contributed by atoms with Crippen LogP contribution in [0, 0.1) is 0 Å². The standard InChI is InChI=1S/C9H13OS.BrH.Mg/c1-2-3-5-10-7-9-4-6-11-8-9;;/h4,6H,2-3,5,7H2,1H3;1H;/q;;+1/p-1. The summed E-state index contributed by atoms with van der Waals surface area (Å²) in [4.78, 5) is 0. The zero-order valence-electron chi connectivity index (χ0n) is 7.88. The molecule has 0 aliphatic rings. The zero-order chi connectivity index (χ0) is 8.81. The minimum Gasteiger partial charge on any atom is -1.00 e. The van der Waals surface area contributed by atoms with E-state index in [4.69, 9.17) is 4.74 Å². The second-order valence-electron chi connectivity index (χ2n) is 2.78. The maximum Gasteiger partial charge on any atom is -1.00 e. The van der Waals surface area contributed by atoms with Crippen LogP contribution in [0.2, 0.25) is 0 Å². The van der Waals surface area contributed by atoms with Crippen molar-refractivity contribution in [2.75, 3.05) is 6.61 Å². The van der Waals surface area contributed by atoms with Gasteiger partial charge in [0.1, 0.15) is 0 Å². The maximum atomic E-state index is 5.51. The number of rotatable bonds is 5. The normalized spacial score (nSPS) is 9.77. The number of hydrogen-bond donors (Lipinski definition) is 0. The summed E-state index contributed by atoms with van der Waals surface area (Å²) in [7, 11) is 0. The van der Waals surface area contributed by atoms with Crippen molar-refractivity contribution in [3.05, 3.63) is 17.0 Å². The Bertz CT molecular complexity index is 227. The van der Waals surface area contributed by atoms with Crippen molar-refractivity contribution in [3.8, 4) is 0 Å². The monoisotopic (exact) mass is 272 g/mol. The van der Waals surface area contributed by atoms with Crippen LogP contribution >= 0.6 is 11.3 Å². The molecule has 1 aromatic heterocycles. The Morgan fingerprint density at radius 1 is 1.54 bits per heavy atom. The van der Waals surface area contributed by atoms with Crippen molar-refractivity contribution in [3.63, 3.8) is 0 Å². The average molecular weight is 273 g/mol. The molecule has 0 spiro atoms. The van der Waals surface area contributed by atoms with E-state index in [9.17, 15) is 0 Å². The van der Waals surface area contributed by atoms with Crippen LogP contribution in [0.3, 0.4) is 0 Å². The minimum absolute atomic E-state index is 0. The molecule has 0 aliphatic heterocycles. The first-order chi connectivity index (χ1) is 5.84. The predicted octanol–water partition coefficient (Wildman–Crippen LogP) is -1.14. The van der Waals surface area contributed by atoms with E-state index in [-0.39, 0.29) is 17.0 Å². The Labute approximate surface area is 107 Å². The molecule has 0 atom stereocenters. The largest absolute Gasteiger partial charge is 1.00 e. The predicted molar refractivity (Wildman–Crippen MR) is 54.3 cm³/mol. The molecule has 13 heavy (non-hydrogen) atoms. The van der Waals surface area contributed by atoms with Gasteiger partial charge in [0.25, 0.3) is 0 Å². The van der Waals surface area contributed by atoms with Crippen LogP contribution in [0.5, 0.6) is 0 Å². The van der Waals surface area contributed by atoms with Gasteiger partial charge in [-0.1, -0.05) is 0 Å². The first-order valence-corrected chi connectivity index (χ1v) is 5.89. The molecular formula is C9H13BrMgOS. The third-order valence-electron chi connectivity index (χ3n) is 1.74. The van der Waals surface area contributed by atoms with Crippen LogP contribution in [0.25, 0.3) is 0 Å². The van der Waals surface area contributed by atoms with Crippen LogP contribution in [0.4, 0.5) is 0 Å². The summed E-state index contributed by atoms with van der Waals surface area (Å²) >= 11 is 3.75. The van der Waals surface area contributed by atoms with E-state index in [1.165, 1.54) is 21.4 Å². The van der Waals surface area contributed by atoms with Gasteiger partial charge in [0.2, 0.25) is 0 Å². The molecular weight excluding hydrogens is 260 g/mol. The van der Waals surface area contributed by atoms with Crippen molar-refractivity contribution in [2.45, 2.75) is 26.4 Å². The molecule has 1 heterocycles. The van der Waals surface area contributed by atoms with Gasteiger partial charge in [-0.3, -0.25) is 0 Å². The van der Waals surface area contributed by atoms with Gasteiger partial charge in [-0.15, -0.1) is 0 Å². The molecule has 0 radical (unpaired) electrons. The first kappa shape index (κ1) is 13.9. The van der Waals surface area contributed by atoms with Crippen LogP contribution in [-0.2, 0) is 11.3 Å². The molecule has 0 amide bonds. The van der Waals surface area contributed by atoms with Gasteiger partial charge in [-0.25, -0.2) is 0 Å². The Morgan fingerprint density at radius 2 is 2.31 bits per heavy atom. The summed E-state index contributed by atoms with van der Waals surface area (Å²) in [5, 5.41) is 2.13. The van der Waals surface area contributed by atoms with Crippen molar-refractivity contribution in [1.29, 1.82) is 0 Å². The van der Waals surface area contributed by atoms with Gasteiger partial charge in [0, 0.05) is 0 Å². The van der Waals surface area contributed by atoms with E-state index in [1.807, 2.05) is 21.7 Å². The Hall–Kier alpha value is 0.906. The molecule has 0 saturated heterocycles. The van der Waals surface area contributed by atoms with E-state index in [0.717, 1.165) is 13.2 Å². The molecule has 4 heteroatoms. The van der Waals surface area contributed by atoms with Gasteiger partial charge in [-0.05, 0) is 0 Å². The molecule has 1 rings (SSSR count). The van der Waals surface area contributed by atoms with Gasteiger partial charge >= 0.3 is 90.8 Å². The fraction of sp³-hybridized carbons (Fsp3) is 0.556. The molecule has 0 aromatic carbocycles. The summed E-state index contributed by atoms with van der Waals surface area (Å²) in [6.45, 7) is 3.87. The fourth-order valence-corrected chi connectivity index (χ4v) is 2.11. The van der Waals surface area contributed by atoms with Gasteiger partial charge < -0.3 is 17.0 Å². The second-order valence-corrected chi connectivity index (χ2v) is 5.00. The third-order valence-corrected chi connectivity index (χ3v) is 3.51. The van der Waals surface area contributed by atoms with Crippen LogP contribution in [0.15, 0.2) is 11.4 Å². The number of unbranched alkanes of at least 4 members (excludes halogenated alkanes) is 1. The molecule has 1 nitrogen and oxygen atoms in total. The summed E-state index contributed by atoms with van der Waals surface area (Å²) < 4.78 is 6.92. The molecule has 0 N–H and O–H groups in total. The molecule has 0 bridgehead atoms. The molecule has 0 aliphatic carbocycles. The van der Waals surface area contributed by atoms with Gasteiger partial charge in [0.15, 0.2) is 0 Å². The molecule has 0 fully saturated rings. The van der Waals surface area contributed by atoms with Crippen molar-refractivity contribution in [2.24, 2.45) is 0 Å². The summed E-state index contributed by atoms with van der Waals surface area (Å²) in [6, 6.07) is 2.15. The second kappa shape index (κ2) is 8.23. The van der Waals surface area contributed by atoms with E-state index in [2.05, 4.69) is 18.4 Å². The number of ether oxygens (including phenoxy) is 1. The topological polar surface area (TPSA) is 9.23 Å². The first-order valence-electron chi connectivity index (χ1n) is 4.30. The SMILES string of the molecule is CCCCOCc1ccs[c]1[Mg+].[Br-]. The Morgan fingerprint density at radius 3 is 2.85 bits per heavy atom. The van der Waals surface area contributed by atoms with Crippen LogP contribution in [0.1, 0.15) is 25.3 Å². The van der Waals surface area contributed by atoms with E-state index < -0.39 is 0 Å². The smallest absolute Gasteiger partial charge is 1.00 e. The quantitative estimate of drug-likeness (QED) is 0.487. The number of halogens is 1. The summed E-state index contributed by atoms with van der Waals surface area (Å²) in [5.41, 5.74) is 1.36. The zero-order valence-corrected chi connectivity index (χ0v) is 11.7. The van der Waals surface area contributed by atoms with E-state index >= 15 is 0 Å². The average Bonchev–Trinajstić information content (AvgIpc) is 2.46. The summed E-state index contributed by atoms with van der Waals surface area (Å²) in [6.07, 6.45) is 2.38. The Kier molecular flexibility index (Phi) is 8.81. The van der Waals surface area contributed by atoms with E-state index in [1.54, 1.807) is 11.3 Å². The fourth-order valence-electron chi connectivity index (χ4n) is 0.924. The van der Waals surface area contributed by atoms with Crippen LogP contribution in [-0.4, -0.2) is 28.3 Å². The van der Waals surface area contributed by atoms with Gasteiger partial charge in [-0.2, -0.15) is 0 Å². The van der Waals surface area contributed by atoms with Crippen molar-refractivity contribution < 1.29 is 21.7 Å². The maximum absolute atomic E-state index is 5.51. The summed E-state index contributed by atoms with van der Waals surface area (Å²) in [5.74, 6) is 0. The van der Waals surface area contributed by atoms with Crippen LogP contribution < -0.4 is 20.0 Å². The van der Waals surface area contributed by atoms with Gasteiger partial charge in [0.05, 0.1) is 0 Å². The number of hydrogen-bond acceptors (Lipinski definition) is 2. The number of thiophene rings is 1. The van der Waals surface area contributed by atoms with Crippen molar-refractivity contribution in [1.82, 2.24) is 0 Å². The minimum atomic E-state index is 0. The van der Waals surface area contributed by atoms with Crippen molar-refractivity contribution >= 4 is 36.1 Å².